The Morgan fingerprint density at radius 3 is 2.50 bits per heavy atom. The van der Waals surface area contributed by atoms with E-state index >= 15 is 0 Å². The van der Waals surface area contributed by atoms with Crippen LogP contribution in [0.1, 0.15) is 23.6 Å². The monoisotopic (exact) mass is 261 g/mol. The largest absolute Gasteiger partial charge is 0.385 e. The van der Waals surface area contributed by atoms with Gasteiger partial charge in [-0.25, -0.2) is 0 Å². The molecule has 0 spiro atoms. The molecule has 0 amide bonds. The summed E-state index contributed by atoms with van der Waals surface area (Å²) in [4.78, 5) is 4.09. The predicted octanol–water partition coefficient (Wildman–Crippen LogP) is 3.49. The Hall–Kier alpha value is -1.38. The van der Waals surface area contributed by atoms with E-state index in [1.807, 2.05) is 44.2 Å². The SMILES string of the molecule is Cc1ccncc1C(C)(O)Cc1ccc(Cl)cc1. The lowest BCUT2D eigenvalue weighted by molar-refractivity contribution is 0.0566. The van der Waals surface area contributed by atoms with E-state index in [0.29, 0.717) is 11.4 Å². The van der Waals surface area contributed by atoms with E-state index in [0.717, 1.165) is 16.7 Å². The zero-order chi connectivity index (χ0) is 13.2. The molecule has 1 N–H and O–H groups in total. The molecule has 1 aromatic heterocycles. The molecule has 0 aliphatic carbocycles. The van der Waals surface area contributed by atoms with Crippen molar-refractivity contribution >= 4 is 11.6 Å². The third-order valence-corrected chi connectivity index (χ3v) is 3.33. The van der Waals surface area contributed by atoms with Crippen LogP contribution in [0.3, 0.4) is 0 Å². The summed E-state index contributed by atoms with van der Waals surface area (Å²) in [7, 11) is 0. The number of aliphatic hydroxyl groups is 1. The van der Waals surface area contributed by atoms with Crippen LogP contribution in [0, 0.1) is 6.92 Å². The highest BCUT2D eigenvalue weighted by Gasteiger charge is 2.25. The first kappa shape index (κ1) is 13.1. The first-order valence-electron chi connectivity index (χ1n) is 5.87. The van der Waals surface area contributed by atoms with Crippen LogP contribution >= 0.6 is 11.6 Å². The van der Waals surface area contributed by atoms with Gasteiger partial charge in [0.25, 0.3) is 0 Å². The second kappa shape index (κ2) is 5.09. The molecule has 3 heteroatoms. The fraction of sp³-hybridized carbons (Fsp3) is 0.267. The van der Waals surface area contributed by atoms with Gasteiger partial charge in [0.1, 0.15) is 0 Å². The third kappa shape index (κ3) is 2.89. The molecule has 0 bridgehead atoms. The molecule has 0 fully saturated rings. The predicted molar refractivity (Wildman–Crippen MR) is 73.7 cm³/mol. The lowest BCUT2D eigenvalue weighted by Crippen LogP contribution is -2.25. The summed E-state index contributed by atoms with van der Waals surface area (Å²) in [5.74, 6) is 0. The van der Waals surface area contributed by atoms with Gasteiger partial charge in [-0.15, -0.1) is 0 Å². The van der Waals surface area contributed by atoms with Gasteiger partial charge in [-0.05, 0) is 43.2 Å². The minimum absolute atomic E-state index is 0.538. The molecule has 0 saturated carbocycles. The molecule has 1 aromatic carbocycles. The van der Waals surface area contributed by atoms with Crippen molar-refractivity contribution < 1.29 is 5.11 Å². The maximum absolute atomic E-state index is 10.6. The number of aromatic nitrogens is 1. The fourth-order valence-corrected chi connectivity index (χ4v) is 2.25. The Kier molecular flexibility index (Phi) is 3.69. The molecule has 18 heavy (non-hydrogen) atoms. The van der Waals surface area contributed by atoms with Crippen LogP contribution in [-0.2, 0) is 12.0 Å². The second-order valence-corrected chi connectivity index (χ2v) is 5.20. The molecular weight excluding hydrogens is 246 g/mol. The van der Waals surface area contributed by atoms with Crippen molar-refractivity contribution in [2.24, 2.45) is 0 Å². The van der Waals surface area contributed by atoms with Crippen molar-refractivity contribution in [3.63, 3.8) is 0 Å². The fourth-order valence-electron chi connectivity index (χ4n) is 2.12. The van der Waals surface area contributed by atoms with Crippen molar-refractivity contribution in [2.75, 3.05) is 0 Å². The molecular formula is C15H16ClNO. The van der Waals surface area contributed by atoms with Crippen LogP contribution in [-0.4, -0.2) is 10.1 Å². The standard InChI is InChI=1S/C15H16ClNO/c1-11-7-8-17-10-14(11)15(2,18)9-12-3-5-13(16)6-4-12/h3-8,10,18H,9H2,1-2H3. The van der Waals surface area contributed by atoms with E-state index in [2.05, 4.69) is 4.98 Å². The minimum atomic E-state index is -0.924. The number of pyridine rings is 1. The quantitative estimate of drug-likeness (QED) is 0.917. The van der Waals surface area contributed by atoms with Gasteiger partial charge in [-0.3, -0.25) is 4.98 Å². The topological polar surface area (TPSA) is 33.1 Å². The Labute approximate surface area is 112 Å². The van der Waals surface area contributed by atoms with Crippen LogP contribution in [0.4, 0.5) is 0 Å². The Balaban J connectivity index is 2.27. The molecule has 1 heterocycles. The van der Waals surface area contributed by atoms with E-state index in [-0.39, 0.29) is 0 Å². The molecule has 0 aliphatic heterocycles. The van der Waals surface area contributed by atoms with E-state index < -0.39 is 5.60 Å². The van der Waals surface area contributed by atoms with Crippen LogP contribution in [0.25, 0.3) is 0 Å². The lowest BCUT2D eigenvalue weighted by atomic mass is 9.88. The Morgan fingerprint density at radius 1 is 1.22 bits per heavy atom. The van der Waals surface area contributed by atoms with Crippen molar-refractivity contribution in [3.8, 4) is 0 Å². The minimum Gasteiger partial charge on any atom is -0.385 e. The van der Waals surface area contributed by atoms with Gasteiger partial charge in [-0.1, -0.05) is 23.7 Å². The van der Waals surface area contributed by atoms with Gasteiger partial charge in [0.2, 0.25) is 0 Å². The van der Waals surface area contributed by atoms with Crippen molar-refractivity contribution in [1.29, 1.82) is 0 Å². The van der Waals surface area contributed by atoms with E-state index in [1.165, 1.54) is 0 Å². The van der Waals surface area contributed by atoms with Gasteiger partial charge in [0.15, 0.2) is 0 Å². The maximum Gasteiger partial charge on any atom is 0.0926 e. The number of aryl methyl sites for hydroxylation is 1. The summed E-state index contributed by atoms with van der Waals surface area (Å²) in [5, 5.41) is 11.3. The lowest BCUT2D eigenvalue weighted by Gasteiger charge is -2.25. The number of rotatable bonds is 3. The van der Waals surface area contributed by atoms with Crippen molar-refractivity contribution in [2.45, 2.75) is 25.9 Å². The molecule has 2 aromatic rings. The van der Waals surface area contributed by atoms with Crippen LogP contribution in [0.2, 0.25) is 5.02 Å². The van der Waals surface area contributed by atoms with Crippen LogP contribution in [0.5, 0.6) is 0 Å². The number of hydrogen-bond donors (Lipinski definition) is 1. The molecule has 1 atom stereocenters. The average Bonchev–Trinajstić information content (AvgIpc) is 2.32. The third-order valence-electron chi connectivity index (χ3n) is 3.08. The molecule has 1 unspecified atom stereocenters. The summed E-state index contributed by atoms with van der Waals surface area (Å²) in [6.07, 6.45) is 4.00. The smallest absolute Gasteiger partial charge is 0.0926 e. The normalized spacial score (nSPS) is 14.2. The summed E-state index contributed by atoms with van der Waals surface area (Å²) in [6, 6.07) is 9.45. The number of hydrogen-bond acceptors (Lipinski definition) is 2. The molecule has 2 rings (SSSR count). The first-order chi connectivity index (χ1) is 8.49. The highest BCUT2D eigenvalue weighted by molar-refractivity contribution is 6.30. The van der Waals surface area contributed by atoms with Crippen molar-refractivity contribution in [3.05, 3.63) is 64.4 Å². The zero-order valence-electron chi connectivity index (χ0n) is 10.5. The average molecular weight is 262 g/mol. The molecule has 2 nitrogen and oxygen atoms in total. The van der Waals surface area contributed by atoms with Gasteiger partial charge in [-0.2, -0.15) is 0 Å². The summed E-state index contributed by atoms with van der Waals surface area (Å²) >= 11 is 5.85. The van der Waals surface area contributed by atoms with Gasteiger partial charge in [0, 0.05) is 29.4 Å². The number of benzene rings is 1. The van der Waals surface area contributed by atoms with E-state index in [9.17, 15) is 5.11 Å². The summed E-state index contributed by atoms with van der Waals surface area (Å²) in [5.41, 5.74) is 2.03. The molecule has 94 valence electrons. The number of halogens is 1. The van der Waals surface area contributed by atoms with E-state index in [4.69, 9.17) is 11.6 Å². The Morgan fingerprint density at radius 2 is 1.89 bits per heavy atom. The van der Waals surface area contributed by atoms with Crippen LogP contribution in [0.15, 0.2) is 42.7 Å². The summed E-state index contributed by atoms with van der Waals surface area (Å²) in [6.45, 7) is 3.79. The van der Waals surface area contributed by atoms with Gasteiger partial charge >= 0.3 is 0 Å². The van der Waals surface area contributed by atoms with Crippen molar-refractivity contribution in [1.82, 2.24) is 4.98 Å². The second-order valence-electron chi connectivity index (χ2n) is 4.77. The zero-order valence-corrected chi connectivity index (χ0v) is 11.3. The molecule has 0 aliphatic rings. The van der Waals surface area contributed by atoms with E-state index in [1.54, 1.807) is 12.4 Å². The molecule has 0 radical (unpaired) electrons. The highest BCUT2D eigenvalue weighted by atomic mass is 35.5. The Bertz CT molecular complexity index is 534. The van der Waals surface area contributed by atoms with Gasteiger partial charge in [0.05, 0.1) is 5.60 Å². The first-order valence-corrected chi connectivity index (χ1v) is 6.25. The van der Waals surface area contributed by atoms with Crippen LogP contribution < -0.4 is 0 Å². The maximum atomic E-state index is 10.6. The molecule has 0 saturated heterocycles. The van der Waals surface area contributed by atoms with Gasteiger partial charge < -0.3 is 5.11 Å². The summed E-state index contributed by atoms with van der Waals surface area (Å²) < 4.78 is 0. The number of nitrogens with zero attached hydrogens (tertiary/aromatic N) is 1. The highest BCUT2D eigenvalue weighted by Crippen LogP contribution is 2.27.